The first kappa shape index (κ1) is 17.2. The van der Waals surface area contributed by atoms with Crippen LogP contribution in [0, 0.1) is 0 Å². The molecule has 10 heterocycles. The standard InChI is InChI=1S/C24H23O5.C5H5.Fe/c1-2-3-6-17-27-20-11-9-19(10-12-20)24(26)29-22-15-13-21(14-16-22)28-23(25)18-7-4-5-8-18;1-2-4-5-3-1;/h4-5,7-16H,2-3,6,17H2,1H3;1-5H;. The quantitative estimate of drug-likeness (QED) is 0.155. The molecule has 2 aromatic carbocycles. The molecule has 4 unspecified atom stereocenters. The number of fused-ring (bicyclic) bond motifs is 10. The summed E-state index contributed by atoms with van der Waals surface area (Å²) in [5, 5.41) is 0. The van der Waals surface area contributed by atoms with Crippen LogP contribution in [0.3, 0.4) is 0 Å². The zero-order chi connectivity index (χ0) is 23.1. The van der Waals surface area contributed by atoms with E-state index in [1.807, 2.05) is 0 Å². The molecule has 35 heavy (non-hydrogen) atoms. The molecule has 0 bridgehead atoms. The number of esters is 2. The number of hydrogen-bond acceptors (Lipinski definition) is 5. The van der Waals surface area contributed by atoms with Crippen molar-refractivity contribution >= 4 is 11.9 Å². The summed E-state index contributed by atoms with van der Waals surface area (Å²) in [5.74, 6) is 1.55. The van der Waals surface area contributed by atoms with Crippen molar-refractivity contribution in [1.82, 2.24) is 0 Å². The fourth-order valence-corrected chi connectivity index (χ4v) is 92.4. The topological polar surface area (TPSA) is 61.8 Å². The van der Waals surface area contributed by atoms with Crippen LogP contribution in [0.15, 0.2) is 48.5 Å². The maximum absolute atomic E-state index is 13.7. The van der Waals surface area contributed by atoms with Crippen LogP contribution in [-0.4, -0.2) is 18.5 Å². The van der Waals surface area contributed by atoms with Crippen LogP contribution in [0.4, 0.5) is 0 Å². The van der Waals surface area contributed by atoms with Crippen molar-refractivity contribution in [3.63, 3.8) is 0 Å². The van der Waals surface area contributed by atoms with Gasteiger partial charge in [-0.05, 0) is 6.42 Å². The van der Waals surface area contributed by atoms with E-state index in [0.717, 1.165) is 68.4 Å². The molecule has 10 aliphatic heterocycles. The van der Waals surface area contributed by atoms with Gasteiger partial charge in [-0.1, -0.05) is 19.8 Å². The molecule has 0 N–H and O–H groups in total. The minimum absolute atomic E-state index is 0.107. The van der Waals surface area contributed by atoms with E-state index in [1.54, 1.807) is 48.5 Å². The number of ether oxygens (including phenoxy) is 3. The third-order valence-electron chi connectivity index (χ3n) is 18.3. The number of unbranched alkanes of at least 4 members (excludes halogenated alkanes) is 2. The molecule has 0 radical (unpaired) electrons. The second kappa shape index (κ2) is 2.53. The molecule has 4 atom stereocenters. The van der Waals surface area contributed by atoms with E-state index in [2.05, 4.69) is 6.92 Å². The monoisotopic (exact) mass is 512 g/mol. The summed E-state index contributed by atoms with van der Waals surface area (Å²) in [4.78, 5) is 35.8. The Morgan fingerprint density at radius 3 is 1.77 bits per heavy atom. The third-order valence-corrected chi connectivity index (χ3v) is 60.6. The van der Waals surface area contributed by atoms with Gasteiger partial charge in [-0.2, -0.15) is 0 Å². The molecule has 1 spiro atoms. The molecule has 2 aromatic rings. The van der Waals surface area contributed by atoms with Crippen molar-refractivity contribution in [3.8, 4) is 17.2 Å². The normalized spacial score (nSPS) is 63.3. The van der Waals surface area contributed by atoms with Gasteiger partial charge in [0.05, 0.1) is 6.61 Å². The molecule has 182 valence electrons. The molecular weight excluding hydrogens is 484 g/mol. The number of hydrogen-bond donors (Lipinski definition) is 0. The van der Waals surface area contributed by atoms with Crippen molar-refractivity contribution in [2.24, 2.45) is 0 Å². The Kier molecular flexibility index (Phi) is 1.24. The Bertz CT molecular complexity index is 1720. The van der Waals surface area contributed by atoms with Gasteiger partial charge in [0.2, 0.25) is 0 Å². The van der Waals surface area contributed by atoms with Crippen molar-refractivity contribution in [1.29, 1.82) is 0 Å². The molecule has 0 amide bonds. The molecule has 10 aliphatic rings. The summed E-state index contributed by atoms with van der Waals surface area (Å²) in [7, 11) is 0. The SMILES string of the molecule is CCCCCOc1ccc(C(=O)Oc2ccc(OC(=O)[C]34[CH]5[CH]6[CH]7[CH]3[Fe]6754389%10[CH]4[CH]3[CH]8[CH]9[CH]4%10)cc2)cc1. The summed E-state index contributed by atoms with van der Waals surface area (Å²) in [6.07, 6.45) is 3.34. The molecule has 0 aromatic heterocycles. The molecule has 6 heteroatoms. The first-order valence-electron chi connectivity index (χ1n) is 13.3. The van der Waals surface area contributed by atoms with Crippen LogP contribution in [0.1, 0.15) is 36.5 Å². The van der Waals surface area contributed by atoms with Gasteiger partial charge in [0, 0.05) is 0 Å². The molecular formula is C29H28FeO5. The summed E-state index contributed by atoms with van der Waals surface area (Å²) in [6, 6.07) is 14.1. The number of benzene rings is 2. The Morgan fingerprint density at radius 1 is 0.743 bits per heavy atom. The Labute approximate surface area is 193 Å². The molecule has 0 saturated carbocycles. The first-order valence-corrected chi connectivity index (χ1v) is 19.6. The van der Waals surface area contributed by atoms with Crippen LogP contribution in [0.25, 0.3) is 0 Å². The van der Waals surface area contributed by atoms with Crippen LogP contribution in [0.2, 0.25) is 47.7 Å². The predicted molar refractivity (Wildman–Crippen MR) is 125 cm³/mol. The van der Waals surface area contributed by atoms with Crippen LogP contribution < -0.4 is 14.2 Å². The number of rotatable bonds is 9. The van der Waals surface area contributed by atoms with Crippen molar-refractivity contribution < 1.29 is 30.3 Å². The van der Waals surface area contributed by atoms with E-state index in [4.69, 9.17) is 14.2 Å². The van der Waals surface area contributed by atoms with Crippen LogP contribution >= 0.6 is 0 Å². The van der Waals surface area contributed by atoms with Gasteiger partial charge in [-0.3, -0.25) is 0 Å². The molecule has 12 rings (SSSR count). The van der Waals surface area contributed by atoms with Gasteiger partial charge in [0.15, 0.2) is 0 Å². The van der Waals surface area contributed by atoms with E-state index in [0.29, 0.717) is 23.7 Å². The number of carbonyl (C=O) groups is 2. The van der Waals surface area contributed by atoms with E-state index in [9.17, 15) is 9.59 Å². The average molecular weight is 512 g/mol. The van der Waals surface area contributed by atoms with Crippen LogP contribution in [0.5, 0.6) is 17.2 Å². The van der Waals surface area contributed by atoms with Gasteiger partial charge in [0.1, 0.15) is 5.75 Å². The summed E-state index contributed by atoms with van der Waals surface area (Å²) in [5.41, 5.74) is 0.476. The van der Waals surface area contributed by atoms with E-state index in [-0.39, 0.29) is 10.3 Å². The predicted octanol–water partition coefficient (Wildman–Crippen LogP) is 7.14. The fraction of sp³-hybridized carbons (Fsp3) is 0.517. The summed E-state index contributed by atoms with van der Waals surface area (Å²) < 4.78 is 17.5. The third kappa shape index (κ3) is 0.431. The Hall–Kier alpha value is -2.30. The fourth-order valence-electron chi connectivity index (χ4n) is 18.9. The van der Waals surface area contributed by atoms with Gasteiger partial charge in [-0.15, -0.1) is 0 Å². The second-order valence-electron chi connectivity index (χ2n) is 15.0. The van der Waals surface area contributed by atoms with Gasteiger partial charge >= 0.3 is 151 Å². The van der Waals surface area contributed by atoms with Crippen LogP contribution in [-0.2, 0) is 11.3 Å². The Morgan fingerprint density at radius 2 is 1.29 bits per heavy atom. The van der Waals surface area contributed by atoms with E-state index < -0.39 is 12.5 Å². The van der Waals surface area contributed by atoms with Gasteiger partial charge in [0.25, 0.3) is 0 Å². The van der Waals surface area contributed by atoms with Gasteiger partial charge < -0.3 is 4.74 Å². The second-order valence-corrected chi connectivity index (χ2v) is 38.6. The van der Waals surface area contributed by atoms with Crippen molar-refractivity contribution in [2.45, 2.75) is 73.8 Å². The minimum atomic E-state index is -3.48. The molecule has 5 nitrogen and oxygen atoms in total. The molecule has 10 saturated heterocycles. The van der Waals surface area contributed by atoms with E-state index in [1.165, 1.54) is 0 Å². The zero-order valence-electron chi connectivity index (χ0n) is 19.5. The van der Waals surface area contributed by atoms with Gasteiger partial charge in [-0.25, -0.2) is 0 Å². The van der Waals surface area contributed by atoms with E-state index >= 15 is 0 Å². The van der Waals surface area contributed by atoms with Crippen molar-refractivity contribution in [2.75, 3.05) is 6.61 Å². The summed E-state index contributed by atoms with van der Waals surface area (Å²) in [6.45, 7) is -0.628. The number of carbonyl (C=O) groups excluding carboxylic acids is 2. The van der Waals surface area contributed by atoms with Crippen molar-refractivity contribution in [3.05, 3.63) is 54.1 Å². The zero-order valence-corrected chi connectivity index (χ0v) is 20.6. The maximum atomic E-state index is 13.7. The molecule has 10 fully saturated rings. The average Bonchev–Trinajstić information content (AvgIpc) is 3.81. The first-order chi connectivity index (χ1) is 16.8. The Balaban J connectivity index is 0.754. The summed E-state index contributed by atoms with van der Waals surface area (Å²) >= 11 is 0. The molecule has 0 aliphatic carbocycles.